The maximum Gasteiger partial charge on any atom is 0.195 e. The molecule has 3 heteroatoms. The monoisotopic (exact) mass is 248 g/mol. The van der Waals surface area contributed by atoms with E-state index in [4.69, 9.17) is 0 Å². The Balaban J connectivity index is 2.08. The molecule has 2 heterocycles. The summed E-state index contributed by atoms with van der Waals surface area (Å²) >= 11 is 3.21. The second-order valence-corrected chi connectivity index (χ2v) is 5.48. The first kappa shape index (κ1) is 11.3. The Morgan fingerprint density at radius 2 is 2.25 bits per heavy atom. The van der Waals surface area contributed by atoms with Crippen molar-refractivity contribution >= 4 is 34.5 Å². The van der Waals surface area contributed by atoms with Gasteiger partial charge >= 0.3 is 0 Å². The average Bonchev–Trinajstić information content (AvgIpc) is 2.96. The summed E-state index contributed by atoms with van der Waals surface area (Å²) in [6, 6.07) is 7.91. The van der Waals surface area contributed by atoms with Crippen LogP contribution in [0, 0.1) is 0 Å². The van der Waals surface area contributed by atoms with Gasteiger partial charge in [0.25, 0.3) is 0 Å². The van der Waals surface area contributed by atoms with E-state index in [2.05, 4.69) is 6.92 Å². The van der Waals surface area contributed by atoms with Crippen LogP contribution in [0.25, 0.3) is 6.08 Å². The van der Waals surface area contributed by atoms with E-state index in [9.17, 15) is 4.79 Å². The van der Waals surface area contributed by atoms with Crippen LogP contribution < -0.4 is 0 Å². The number of hydrogen-bond donors (Lipinski definition) is 0. The molecule has 0 radical (unpaired) electrons. The molecule has 0 aliphatic heterocycles. The predicted molar refractivity (Wildman–Crippen MR) is 71.4 cm³/mol. The van der Waals surface area contributed by atoms with Crippen LogP contribution in [-0.2, 0) is 6.42 Å². The molecule has 16 heavy (non-hydrogen) atoms. The van der Waals surface area contributed by atoms with Crippen LogP contribution >= 0.6 is 22.7 Å². The smallest absolute Gasteiger partial charge is 0.195 e. The molecular weight excluding hydrogens is 236 g/mol. The lowest BCUT2D eigenvalue weighted by atomic mass is 10.3. The first-order valence-electron chi connectivity index (χ1n) is 5.14. The highest BCUT2D eigenvalue weighted by molar-refractivity contribution is 7.14. The highest BCUT2D eigenvalue weighted by Crippen LogP contribution is 2.18. The lowest BCUT2D eigenvalue weighted by Gasteiger charge is -1.88. The Labute approximate surface area is 103 Å². The zero-order valence-electron chi connectivity index (χ0n) is 8.97. The first-order chi connectivity index (χ1) is 7.79. The van der Waals surface area contributed by atoms with Crippen LogP contribution in [0.15, 0.2) is 35.7 Å². The van der Waals surface area contributed by atoms with Gasteiger partial charge in [-0.15, -0.1) is 22.7 Å². The van der Waals surface area contributed by atoms with E-state index in [0.29, 0.717) is 0 Å². The Morgan fingerprint density at radius 1 is 1.38 bits per heavy atom. The summed E-state index contributed by atoms with van der Waals surface area (Å²) in [5.41, 5.74) is 0. The van der Waals surface area contributed by atoms with Crippen molar-refractivity contribution in [3.8, 4) is 0 Å². The topological polar surface area (TPSA) is 17.1 Å². The zero-order valence-corrected chi connectivity index (χ0v) is 10.6. The van der Waals surface area contributed by atoms with Gasteiger partial charge in [-0.05, 0) is 42.2 Å². The van der Waals surface area contributed by atoms with E-state index >= 15 is 0 Å². The molecule has 0 aliphatic carbocycles. The minimum Gasteiger partial charge on any atom is -0.288 e. The minimum atomic E-state index is 0.0955. The molecule has 0 aliphatic rings. The van der Waals surface area contributed by atoms with Crippen molar-refractivity contribution in [2.24, 2.45) is 0 Å². The van der Waals surface area contributed by atoms with Gasteiger partial charge in [0.1, 0.15) is 0 Å². The van der Waals surface area contributed by atoms with Gasteiger partial charge in [-0.3, -0.25) is 4.79 Å². The Morgan fingerprint density at radius 3 is 2.88 bits per heavy atom. The summed E-state index contributed by atoms with van der Waals surface area (Å²) < 4.78 is 0. The second kappa shape index (κ2) is 5.23. The molecule has 0 N–H and O–H groups in total. The molecule has 0 fully saturated rings. The highest BCUT2D eigenvalue weighted by Gasteiger charge is 2.04. The van der Waals surface area contributed by atoms with Crippen molar-refractivity contribution in [3.63, 3.8) is 0 Å². The van der Waals surface area contributed by atoms with Gasteiger partial charge in [0, 0.05) is 9.75 Å². The van der Waals surface area contributed by atoms with E-state index in [1.54, 1.807) is 28.7 Å². The number of carbonyl (C=O) groups excluding carboxylic acids is 1. The number of aryl methyl sites for hydroxylation is 1. The van der Waals surface area contributed by atoms with Crippen molar-refractivity contribution in [2.75, 3.05) is 0 Å². The fourth-order valence-corrected chi connectivity index (χ4v) is 2.81. The molecule has 0 aromatic carbocycles. The molecule has 0 atom stereocenters. The lowest BCUT2D eigenvalue weighted by Crippen LogP contribution is -1.88. The average molecular weight is 248 g/mol. The van der Waals surface area contributed by atoms with Crippen LogP contribution in [0.3, 0.4) is 0 Å². The minimum absolute atomic E-state index is 0.0955. The number of hydrogen-bond acceptors (Lipinski definition) is 3. The van der Waals surface area contributed by atoms with Gasteiger partial charge in [0.15, 0.2) is 5.78 Å². The molecule has 2 aromatic heterocycles. The normalized spacial score (nSPS) is 11.1. The van der Waals surface area contributed by atoms with E-state index in [0.717, 1.165) is 16.2 Å². The van der Waals surface area contributed by atoms with Gasteiger partial charge in [0.2, 0.25) is 0 Å². The standard InChI is InChI=1S/C13H12OS2/c1-2-10-6-8-13(16-10)12(14)7-5-11-4-3-9-15-11/h3-9H,2H2,1H3. The van der Waals surface area contributed by atoms with Crippen molar-refractivity contribution in [2.45, 2.75) is 13.3 Å². The number of carbonyl (C=O) groups is 1. The van der Waals surface area contributed by atoms with Gasteiger partial charge in [0.05, 0.1) is 4.88 Å². The van der Waals surface area contributed by atoms with Crippen LogP contribution in [0.4, 0.5) is 0 Å². The molecule has 0 saturated carbocycles. The Kier molecular flexibility index (Phi) is 3.70. The SMILES string of the molecule is CCc1ccc(C(=O)C=Cc2cccs2)s1. The van der Waals surface area contributed by atoms with Gasteiger partial charge < -0.3 is 0 Å². The maximum absolute atomic E-state index is 11.8. The second-order valence-electron chi connectivity index (χ2n) is 3.33. The van der Waals surface area contributed by atoms with Crippen molar-refractivity contribution in [3.05, 3.63) is 50.4 Å². The molecule has 1 nitrogen and oxygen atoms in total. The molecule has 82 valence electrons. The van der Waals surface area contributed by atoms with Crippen molar-refractivity contribution in [1.82, 2.24) is 0 Å². The van der Waals surface area contributed by atoms with Crippen LogP contribution in [0.5, 0.6) is 0 Å². The third kappa shape index (κ3) is 2.68. The lowest BCUT2D eigenvalue weighted by molar-refractivity contribution is 0.105. The summed E-state index contributed by atoms with van der Waals surface area (Å²) in [5.74, 6) is 0.0955. The first-order valence-corrected chi connectivity index (χ1v) is 6.84. The number of rotatable bonds is 4. The third-order valence-electron chi connectivity index (χ3n) is 2.20. The molecule has 0 spiro atoms. The Bertz CT molecular complexity index is 492. The zero-order chi connectivity index (χ0) is 11.4. The summed E-state index contributed by atoms with van der Waals surface area (Å²) in [6.45, 7) is 2.10. The third-order valence-corrected chi connectivity index (χ3v) is 4.28. The molecule has 0 bridgehead atoms. The molecule has 0 amide bonds. The fourth-order valence-electron chi connectivity index (χ4n) is 1.33. The van der Waals surface area contributed by atoms with Crippen LogP contribution in [-0.4, -0.2) is 5.78 Å². The van der Waals surface area contributed by atoms with Gasteiger partial charge in [-0.25, -0.2) is 0 Å². The van der Waals surface area contributed by atoms with Gasteiger partial charge in [-0.2, -0.15) is 0 Å². The van der Waals surface area contributed by atoms with E-state index in [-0.39, 0.29) is 5.78 Å². The highest BCUT2D eigenvalue weighted by atomic mass is 32.1. The fraction of sp³-hybridized carbons (Fsp3) is 0.154. The van der Waals surface area contributed by atoms with Crippen LogP contribution in [0.2, 0.25) is 0 Å². The quantitative estimate of drug-likeness (QED) is 0.583. The van der Waals surface area contributed by atoms with E-state index in [1.807, 2.05) is 35.7 Å². The molecular formula is C13H12OS2. The van der Waals surface area contributed by atoms with Crippen molar-refractivity contribution < 1.29 is 4.79 Å². The molecule has 0 saturated heterocycles. The summed E-state index contributed by atoms with van der Waals surface area (Å²) in [4.78, 5) is 15.0. The number of ketones is 1. The van der Waals surface area contributed by atoms with Crippen molar-refractivity contribution in [1.29, 1.82) is 0 Å². The predicted octanol–water partition coefficient (Wildman–Crippen LogP) is 4.27. The maximum atomic E-state index is 11.8. The van der Waals surface area contributed by atoms with Gasteiger partial charge in [-0.1, -0.05) is 13.0 Å². The summed E-state index contributed by atoms with van der Waals surface area (Å²) in [5, 5.41) is 2.00. The largest absolute Gasteiger partial charge is 0.288 e. The number of thiophene rings is 2. The molecule has 2 rings (SSSR count). The van der Waals surface area contributed by atoms with E-state index < -0.39 is 0 Å². The summed E-state index contributed by atoms with van der Waals surface area (Å²) in [6.07, 6.45) is 4.52. The molecule has 2 aromatic rings. The molecule has 0 unspecified atom stereocenters. The number of allylic oxidation sites excluding steroid dienone is 1. The van der Waals surface area contributed by atoms with E-state index in [1.165, 1.54) is 4.88 Å². The Hall–Kier alpha value is -1.19. The summed E-state index contributed by atoms with van der Waals surface area (Å²) in [7, 11) is 0. The van der Waals surface area contributed by atoms with Crippen LogP contribution in [0.1, 0.15) is 26.3 Å².